The van der Waals surface area contributed by atoms with Crippen molar-refractivity contribution in [1.82, 2.24) is 4.90 Å². The number of nitrogens with zero attached hydrogens (tertiary/aromatic N) is 1. The molecule has 0 unspecified atom stereocenters. The Hall–Kier alpha value is -0.910. The highest BCUT2D eigenvalue weighted by molar-refractivity contribution is 5.81. The largest absolute Gasteiger partial charge is 0.461 e. The number of aliphatic hydroxyl groups excluding tert-OH is 1. The third-order valence-corrected chi connectivity index (χ3v) is 10.1. The lowest BCUT2D eigenvalue weighted by Gasteiger charge is -2.63. The highest BCUT2D eigenvalue weighted by Gasteiger charge is 2.66. The van der Waals surface area contributed by atoms with Crippen molar-refractivity contribution < 1.29 is 19.7 Å². The van der Waals surface area contributed by atoms with Crippen LogP contribution in [0.15, 0.2) is 12.2 Å². The standard InChI is InChI=1S/C26H43NO4/c1-24-12-10-20(28)17-19(24)5-7-22-21(24)11-13-25(2)18(9-14-26(22,25)30)6-8-23(29)31-16-15-27(3)4/h6,8,18-22,28,30H,5,7,9-17H2,1-4H3/b8-6+/t18-,19-,20+,21+,22-,24+,25-,26+/m1/s1. The average Bonchev–Trinajstić information content (AvgIpc) is 2.97. The molecule has 176 valence electrons. The van der Waals surface area contributed by atoms with Crippen LogP contribution in [0.2, 0.25) is 0 Å². The molecule has 2 N–H and O–H groups in total. The number of allylic oxidation sites excluding steroid dienone is 1. The maximum Gasteiger partial charge on any atom is 0.330 e. The Morgan fingerprint density at radius 1 is 1.06 bits per heavy atom. The van der Waals surface area contributed by atoms with Crippen molar-refractivity contribution in [3.8, 4) is 0 Å². The predicted octanol–water partition coefficient (Wildman–Crippen LogP) is 3.78. The molecule has 0 saturated heterocycles. The van der Waals surface area contributed by atoms with Gasteiger partial charge in [-0.3, -0.25) is 0 Å². The molecule has 0 heterocycles. The van der Waals surface area contributed by atoms with Gasteiger partial charge in [-0.2, -0.15) is 0 Å². The third kappa shape index (κ3) is 3.89. The van der Waals surface area contributed by atoms with Gasteiger partial charge in [0.15, 0.2) is 0 Å². The Balaban J connectivity index is 1.47. The lowest BCUT2D eigenvalue weighted by molar-refractivity contribution is -0.207. The number of carbonyl (C=O) groups excluding carboxylic acids is 1. The van der Waals surface area contributed by atoms with Crippen LogP contribution in [-0.4, -0.2) is 60.0 Å². The number of hydrogen-bond acceptors (Lipinski definition) is 5. The smallest absolute Gasteiger partial charge is 0.330 e. The lowest BCUT2D eigenvalue weighted by atomic mass is 9.43. The van der Waals surface area contributed by atoms with E-state index in [1.54, 1.807) is 6.08 Å². The first-order valence-corrected chi connectivity index (χ1v) is 12.5. The summed E-state index contributed by atoms with van der Waals surface area (Å²) in [4.78, 5) is 14.2. The van der Waals surface area contributed by atoms with Gasteiger partial charge in [0.1, 0.15) is 6.61 Å². The summed E-state index contributed by atoms with van der Waals surface area (Å²) >= 11 is 0. The SMILES string of the molecule is CN(C)CCOC(=O)/C=C/[C@@H]1CC[C@]2(O)[C@@H]3CC[C@@H]4C[C@@H](O)CC[C@]4(C)[C@H]3CC[C@]12C. The van der Waals surface area contributed by atoms with Crippen molar-refractivity contribution in [3.63, 3.8) is 0 Å². The van der Waals surface area contributed by atoms with Gasteiger partial charge in [0.05, 0.1) is 11.7 Å². The predicted molar refractivity (Wildman–Crippen MR) is 121 cm³/mol. The molecule has 31 heavy (non-hydrogen) atoms. The van der Waals surface area contributed by atoms with Crippen LogP contribution in [0.3, 0.4) is 0 Å². The molecule has 4 saturated carbocycles. The van der Waals surface area contributed by atoms with E-state index in [0.717, 1.165) is 64.3 Å². The zero-order chi connectivity index (χ0) is 22.4. The van der Waals surface area contributed by atoms with E-state index in [1.807, 2.05) is 25.1 Å². The van der Waals surface area contributed by atoms with E-state index in [2.05, 4.69) is 13.8 Å². The molecule has 5 heteroatoms. The maximum absolute atomic E-state index is 12.2. The molecule has 0 aromatic heterocycles. The molecule has 4 fully saturated rings. The van der Waals surface area contributed by atoms with E-state index in [4.69, 9.17) is 4.74 Å². The van der Waals surface area contributed by atoms with Crippen LogP contribution in [-0.2, 0) is 9.53 Å². The van der Waals surface area contributed by atoms with E-state index >= 15 is 0 Å². The number of fused-ring (bicyclic) bond motifs is 5. The van der Waals surface area contributed by atoms with Crippen LogP contribution in [0, 0.1) is 34.5 Å². The zero-order valence-electron chi connectivity index (χ0n) is 20.0. The number of ether oxygens (including phenoxy) is 1. The molecular formula is C26H43NO4. The molecule has 4 aliphatic rings. The van der Waals surface area contributed by atoms with Gasteiger partial charge in [-0.25, -0.2) is 4.79 Å². The van der Waals surface area contributed by atoms with Gasteiger partial charge in [-0.15, -0.1) is 0 Å². The quantitative estimate of drug-likeness (QED) is 0.510. The molecule has 0 amide bonds. The van der Waals surface area contributed by atoms with Gasteiger partial charge in [-0.05, 0) is 101 Å². The number of carbonyl (C=O) groups is 1. The summed E-state index contributed by atoms with van der Waals surface area (Å²) in [6.07, 6.45) is 12.6. The molecule has 0 aromatic carbocycles. The highest BCUT2D eigenvalue weighted by atomic mass is 16.5. The molecule has 5 nitrogen and oxygen atoms in total. The number of likely N-dealkylation sites (N-methyl/N-ethyl adjacent to an activating group) is 1. The van der Waals surface area contributed by atoms with E-state index in [1.165, 1.54) is 0 Å². The summed E-state index contributed by atoms with van der Waals surface area (Å²) in [5, 5.41) is 22.4. The van der Waals surface area contributed by atoms with Gasteiger partial charge in [0.2, 0.25) is 0 Å². The van der Waals surface area contributed by atoms with E-state index in [-0.39, 0.29) is 28.8 Å². The Labute approximate surface area is 188 Å². The van der Waals surface area contributed by atoms with E-state index in [0.29, 0.717) is 24.4 Å². The van der Waals surface area contributed by atoms with Crippen LogP contribution >= 0.6 is 0 Å². The first-order chi connectivity index (χ1) is 14.6. The highest BCUT2D eigenvalue weighted by Crippen LogP contribution is 2.69. The van der Waals surface area contributed by atoms with Crippen LogP contribution in [0.4, 0.5) is 0 Å². The molecule has 8 atom stereocenters. The van der Waals surface area contributed by atoms with Crippen molar-refractivity contribution in [3.05, 3.63) is 12.2 Å². The third-order valence-electron chi connectivity index (χ3n) is 10.1. The van der Waals surface area contributed by atoms with Gasteiger partial charge < -0.3 is 19.8 Å². The molecule has 0 aliphatic heterocycles. The van der Waals surface area contributed by atoms with Crippen molar-refractivity contribution in [2.75, 3.05) is 27.2 Å². The summed E-state index contributed by atoms with van der Waals surface area (Å²) < 4.78 is 5.32. The minimum absolute atomic E-state index is 0.134. The fraction of sp³-hybridized carbons (Fsp3) is 0.885. The van der Waals surface area contributed by atoms with Gasteiger partial charge >= 0.3 is 5.97 Å². The van der Waals surface area contributed by atoms with Gasteiger partial charge in [0.25, 0.3) is 0 Å². The molecule has 0 radical (unpaired) electrons. The van der Waals surface area contributed by atoms with Crippen LogP contribution < -0.4 is 0 Å². The maximum atomic E-state index is 12.2. The Morgan fingerprint density at radius 2 is 1.84 bits per heavy atom. The number of aliphatic hydroxyl groups is 2. The van der Waals surface area contributed by atoms with Crippen LogP contribution in [0.5, 0.6) is 0 Å². The number of rotatable bonds is 5. The minimum atomic E-state index is -0.649. The van der Waals surface area contributed by atoms with Crippen molar-refractivity contribution in [1.29, 1.82) is 0 Å². The van der Waals surface area contributed by atoms with E-state index < -0.39 is 5.60 Å². The Morgan fingerprint density at radius 3 is 2.58 bits per heavy atom. The summed E-state index contributed by atoms with van der Waals surface area (Å²) in [6, 6.07) is 0. The van der Waals surface area contributed by atoms with E-state index in [9.17, 15) is 15.0 Å². The number of esters is 1. The fourth-order valence-electron chi connectivity index (χ4n) is 8.12. The van der Waals surface area contributed by atoms with Gasteiger partial charge in [0, 0.05) is 18.0 Å². The fourth-order valence-corrected chi connectivity index (χ4v) is 8.12. The Bertz CT molecular complexity index is 708. The monoisotopic (exact) mass is 433 g/mol. The summed E-state index contributed by atoms with van der Waals surface area (Å²) in [7, 11) is 3.92. The van der Waals surface area contributed by atoms with Crippen molar-refractivity contribution in [2.24, 2.45) is 34.5 Å². The molecule has 4 aliphatic carbocycles. The first kappa shape index (κ1) is 23.3. The summed E-state index contributed by atoms with van der Waals surface area (Å²) in [5.74, 6) is 1.44. The summed E-state index contributed by atoms with van der Waals surface area (Å²) in [6.45, 7) is 5.84. The van der Waals surface area contributed by atoms with Gasteiger partial charge in [-0.1, -0.05) is 19.9 Å². The summed E-state index contributed by atoms with van der Waals surface area (Å²) in [5.41, 5.74) is -0.570. The first-order valence-electron chi connectivity index (χ1n) is 12.5. The Kier molecular flexibility index (Phi) is 6.35. The normalized spacial score (nSPS) is 47.1. The average molecular weight is 434 g/mol. The molecule has 0 bridgehead atoms. The lowest BCUT2D eigenvalue weighted by Crippen LogP contribution is -2.62. The second kappa shape index (κ2) is 8.46. The molecular weight excluding hydrogens is 390 g/mol. The second-order valence-corrected chi connectivity index (χ2v) is 11.8. The number of hydrogen-bond donors (Lipinski definition) is 2. The van der Waals surface area contributed by atoms with Crippen LogP contribution in [0.25, 0.3) is 0 Å². The molecule has 0 spiro atoms. The van der Waals surface area contributed by atoms with Crippen molar-refractivity contribution >= 4 is 5.97 Å². The topological polar surface area (TPSA) is 70.0 Å². The van der Waals surface area contributed by atoms with Crippen LogP contribution in [0.1, 0.15) is 71.6 Å². The second-order valence-electron chi connectivity index (χ2n) is 11.8. The minimum Gasteiger partial charge on any atom is -0.461 e. The zero-order valence-corrected chi connectivity index (χ0v) is 20.0. The van der Waals surface area contributed by atoms with Crippen molar-refractivity contribution in [2.45, 2.75) is 83.3 Å². The molecule has 0 aromatic rings. The molecule has 4 rings (SSSR count).